The van der Waals surface area contributed by atoms with Crippen LogP contribution in [0.1, 0.15) is 82.9 Å². The number of rotatable bonds is 13. The number of carboxylic acid groups (broad SMARTS) is 8. The van der Waals surface area contributed by atoms with Crippen LogP contribution in [-0.4, -0.2) is 88.6 Å². The van der Waals surface area contributed by atoms with E-state index in [4.69, 9.17) is 11.5 Å². The van der Waals surface area contributed by atoms with E-state index in [-0.39, 0.29) is 67.0 Å². The van der Waals surface area contributed by atoms with Gasteiger partial charge in [0.2, 0.25) is 0 Å². The van der Waals surface area contributed by atoms with Gasteiger partial charge >= 0.3 is 47.8 Å². The zero-order valence-corrected chi connectivity index (χ0v) is 31.2. The molecule has 0 aliphatic rings. The van der Waals surface area contributed by atoms with Gasteiger partial charge in [-0.3, -0.25) is 0 Å². The smallest absolute Gasteiger partial charge is 0.335 e. The lowest BCUT2D eigenvalue weighted by atomic mass is 9.86. The van der Waals surface area contributed by atoms with Crippen LogP contribution in [0.15, 0.2) is 97.1 Å². The minimum Gasteiger partial charge on any atom is -0.478 e. The van der Waals surface area contributed by atoms with Crippen molar-refractivity contribution >= 4 is 59.1 Å². The van der Waals surface area contributed by atoms with Crippen LogP contribution in [0.25, 0.3) is 55.6 Å². The second kappa shape index (κ2) is 16.1. The molecule has 0 aliphatic carbocycles. The molecule has 0 fully saturated rings. The highest BCUT2D eigenvalue weighted by molar-refractivity contribution is 6.05. The molecular formula is C44H28N2O16. The summed E-state index contributed by atoms with van der Waals surface area (Å²) in [4.78, 5) is 97.4. The summed E-state index contributed by atoms with van der Waals surface area (Å²) in [6.07, 6.45) is 0. The number of hydrogen-bond donors (Lipinski definition) is 10. The maximum atomic E-state index is 12.2. The van der Waals surface area contributed by atoms with E-state index in [0.717, 1.165) is 72.8 Å². The van der Waals surface area contributed by atoms with Gasteiger partial charge in [0, 0.05) is 33.6 Å². The zero-order valence-electron chi connectivity index (χ0n) is 31.2. The minimum absolute atomic E-state index is 0.0669. The first-order valence-corrected chi connectivity index (χ1v) is 17.5. The molecule has 6 aromatic rings. The predicted octanol–water partition coefficient (Wildman–Crippen LogP) is 6.77. The van der Waals surface area contributed by atoms with E-state index >= 15 is 0 Å². The number of carbonyl (C=O) groups is 8. The second-order valence-electron chi connectivity index (χ2n) is 13.6. The maximum absolute atomic E-state index is 12.2. The highest BCUT2D eigenvalue weighted by Gasteiger charge is 2.23. The van der Waals surface area contributed by atoms with Crippen LogP contribution in [0.5, 0.6) is 0 Å². The largest absolute Gasteiger partial charge is 0.478 e. The highest BCUT2D eigenvalue weighted by Crippen LogP contribution is 2.45. The van der Waals surface area contributed by atoms with Crippen LogP contribution < -0.4 is 11.5 Å². The molecule has 0 bridgehead atoms. The summed E-state index contributed by atoms with van der Waals surface area (Å²) < 4.78 is 0. The van der Waals surface area contributed by atoms with Gasteiger partial charge in [0.25, 0.3) is 0 Å². The molecule has 0 aromatic heterocycles. The molecule has 0 spiro atoms. The lowest BCUT2D eigenvalue weighted by Crippen LogP contribution is -2.06. The van der Waals surface area contributed by atoms with Crippen molar-refractivity contribution in [2.45, 2.75) is 0 Å². The first kappa shape index (κ1) is 42.3. The summed E-state index contributed by atoms with van der Waals surface area (Å²) in [6, 6.07) is 17.7. The Morgan fingerprint density at radius 3 is 0.516 bits per heavy atom. The minimum atomic E-state index is -1.52. The summed E-state index contributed by atoms with van der Waals surface area (Å²) in [5.41, 5.74) is 8.64. The van der Waals surface area contributed by atoms with Crippen molar-refractivity contribution in [2.24, 2.45) is 0 Å². The quantitative estimate of drug-likeness (QED) is 0.0536. The average molecular weight is 841 g/mol. The van der Waals surface area contributed by atoms with Crippen LogP contribution in [0.4, 0.5) is 11.4 Å². The summed E-state index contributed by atoms with van der Waals surface area (Å²) in [5.74, 6) is -12.2. The second-order valence-corrected chi connectivity index (χ2v) is 13.6. The number of nitrogen functional groups attached to an aromatic ring is 2. The molecule has 6 rings (SSSR count). The Bertz CT molecular complexity index is 2500. The molecular weight excluding hydrogens is 812 g/mol. The predicted molar refractivity (Wildman–Crippen MR) is 218 cm³/mol. The first-order valence-electron chi connectivity index (χ1n) is 17.5. The van der Waals surface area contributed by atoms with Crippen LogP contribution in [0.3, 0.4) is 0 Å². The fraction of sp³-hybridized carbons (Fsp3) is 0. The third-order valence-corrected chi connectivity index (χ3v) is 9.65. The molecule has 18 nitrogen and oxygen atoms in total. The van der Waals surface area contributed by atoms with Gasteiger partial charge in [-0.1, -0.05) is 0 Å². The number of nitrogens with two attached hydrogens (primary N) is 2. The monoisotopic (exact) mass is 840 g/mol. The number of carboxylic acids is 8. The molecule has 62 heavy (non-hydrogen) atoms. The molecule has 0 unspecified atom stereocenters. The normalized spacial score (nSPS) is 10.8. The summed E-state index contributed by atoms with van der Waals surface area (Å²) in [7, 11) is 0. The van der Waals surface area contributed by atoms with E-state index in [1.54, 1.807) is 0 Å². The van der Waals surface area contributed by atoms with Crippen molar-refractivity contribution in [1.82, 2.24) is 0 Å². The zero-order chi connectivity index (χ0) is 45.5. The van der Waals surface area contributed by atoms with Crippen molar-refractivity contribution in [2.75, 3.05) is 11.5 Å². The van der Waals surface area contributed by atoms with E-state index in [9.17, 15) is 79.2 Å². The van der Waals surface area contributed by atoms with Crippen molar-refractivity contribution in [3.8, 4) is 55.6 Å². The van der Waals surface area contributed by atoms with Crippen molar-refractivity contribution in [3.63, 3.8) is 0 Å². The Hall–Kier alpha value is -9.32. The Balaban J connectivity index is 1.81. The first-order chi connectivity index (χ1) is 29.1. The van der Waals surface area contributed by atoms with E-state index < -0.39 is 92.3 Å². The molecule has 0 saturated carbocycles. The molecule has 18 heteroatoms. The Labute approximate surface area is 346 Å². The van der Waals surface area contributed by atoms with Crippen LogP contribution >= 0.6 is 0 Å². The number of hydrogen-bond acceptors (Lipinski definition) is 10. The summed E-state index contributed by atoms with van der Waals surface area (Å²) in [6.45, 7) is 0. The third-order valence-electron chi connectivity index (χ3n) is 9.65. The van der Waals surface area contributed by atoms with Gasteiger partial charge in [-0.25, -0.2) is 38.4 Å². The third kappa shape index (κ3) is 8.31. The van der Waals surface area contributed by atoms with Crippen LogP contribution in [0, 0.1) is 0 Å². The average Bonchev–Trinajstić information content (AvgIpc) is 3.22. The van der Waals surface area contributed by atoms with Crippen molar-refractivity contribution in [3.05, 3.63) is 142 Å². The van der Waals surface area contributed by atoms with E-state index in [2.05, 4.69) is 0 Å². The molecule has 310 valence electrons. The van der Waals surface area contributed by atoms with E-state index in [1.807, 2.05) is 0 Å². The van der Waals surface area contributed by atoms with Crippen molar-refractivity contribution in [1.29, 1.82) is 0 Å². The van der Waals surface area contributed by atoms with Crippen LogP contribution in [0.2, 0.25) is 0 Å². The van der Waals surface area contributed by atoms with Crippen LogP contribution in [-0.2, 0) is 0 Å². The van der Waals surface area contributed by atoms with Gasteiger partial charge < -0.3 is 52.3 Å². The van der Waals surface area contributed by atoms with Gasteiger partial charge in [-0.15, -0.1) is 0 Å². The van der Waals surface area contributed by atoms with E-state index in [0.29, 0.717) is 0 Å². The molecule has 0 radical (unpaired) electrons. The number of aromatic carboxylic acids is 8. The SMILES string of the molecule is Nc1c(-c2cc(C(=O)O)cc(C(=O)O)c2)cc(-c2cc(-c3cc(C(=O)O)cc(C(=O)O)c3)c(N)c(-c3cc(C(=O)O)cc(C(=O)O)c3)c2)cc1-c1cc(C(=O)O)cc(C(=O)O)c1. The molecule has 0 atom stereocenters. The molecule has 0 aliphatic heterocycles. The number of benzene rings is 6. The summed E-state index contributed by atoms with van der Waals surface area (Å²) >= 11 is 0. The maximum Gasteiger partial charge on any atom is 0.335 e. The standard InChI is InChI=1S/C44H28N2O16/c45-35-31(19-1-23(37(47)48)9-24(2-19)38(49)50)13-17(14-32(35)20-3-25(39(51)52)10-26(4-20)40(53)54)18-15-33(21-5-27(41(55)56)11-28(6-21)42(57)58)36(46)34(16-18)22-7-29(43(59)60)12-30(8-22)44(61)62/h1-16H,45-46H2,(H,47,48)(H,49,50)(H,51,52)(H,53,54)(H,55,56)(H,57,58)(H,59,60)(H,61,62). The van der Waals surface area contributed by atoms with Gasteiger partial charge in [-0.2, -0.15) is 0 Å². The molecule has 0 heterocycles. The molecule has 12 N–H and O–H groups in total. The Kier molecular flexibility index (Phi) is 11.0. The van der Waals surface area contributed by atoms with Gasteiger partial charge in [0.05, 0.1) is 44.5 Å². The summed E-state index contributed by atoms with van der Waals surface area (Å²) in [5, 5.41) is 79.1. The molecule has 0 amide bonds. The fourth-order valence-electron chi connectivity index (χ4n) is 6.72. The van der Waals surface area contributed by atoms with Crippen molar-refractivity contribution < 1.29 is 79.2 Å². The topological polar surface area (TPSA) is 350 Å². The number of anilines is 2. The Morgan fingerprint density at radius 2 is 0.387 bits per heavy atom. The van der Waals surface area contributed by atoms with Gasteiger partial charge in [-0.05, 0) is 130 Å². The Morgan fingerprint density at radius 1 is 0.242 bits per heavy atom. The molecule has 0 saturated heterocycles. The lowest BCUT2D eigenvalue weighted by molar-refractivity contribution is 0.0676. The molecule has 6 aromatic carbocycles. The van der Waals surface area contributed by atoms with E-state index in [1.165, 1.54) is 24.3 Å². The fourth-order valence-corrected chi connectivity index (χ4v) is 6.72. The lowest BCUT2D eigenvalue weighted by Gasteiger charge is -2.20. The van der Waals surface area contributed by atoms with Gasteiger partial charge in [0.15, 0.2) is 0 Å². The highest BCUT2D eigenvalue weighted by atomic mass is 16.4. The van der Waals surface area contributed by atoms with Gasteiger partial charge in [0.1, 0.15) is 0 Å².